The van der Waals surface area contributed by atoms with Gasteiger partial charge in [-0.15, -0.1) is 0 Å². The highest BCUT2D eigenvalue weighted by molar-refractivity contribution is 6.29. The van der Waals surface area contributed by atoms with Gasteiger partial charge < -0.3 is 4.74 Å². The Balaban J connectivity index is 2.40. The van der Waals surface area contributed by atoms with Gasteiger partial charge in [0.1, 0.15) is 5.75 Å². The molecule has 0 radical (unpaired) electrons. The van der Waals surface area contributed by atoms with Crippen molar-refractivity contribution in [2.75, 3.05) is 7.11 Å². The molecule has 5 nitrogen and oxygen atoms in total. The Kier molecular flexibility index (Phi) is 4.91. The van der Waals surface area contributed by atoms with Crippen LogP contribution in [0.5, 0.6) is 5.75 Å². The largest absolute Gasteiger partial charge is 0.497 e. The first-order valence-electron chi connectivity index (χ1n) is 7.05. The van der Waals surface area contributed by atoms with E-state index in [0.29, 0.717) is 22.4 Å². The smallest absolute Gasteiger partial charge is 0.269 e. The number of ketones is 1. The van der Waals surface area contributed by atoms with Crippen LogP contribution in [0.2, 0.25) is 0 Å². The fourth-order valence-electron chi connectivity index (χ4n) is 2.28. The van der Waals surface area contributed by atoms with Crippen LogP contribution < -0.4 is 4.74 Å². The third kappa shape index (κ3) is 3.63. The molecule has 0 saturated heterocycles. The first-order chi connectivity index (χ1) is 10.9. The zero-order valence-electron chi connectivity index (χ0n) is 13.2. The second kappa shape index (κ2) is 6.87. The summed E-state index contributed by atoms with van der Waals surface area (Å²) in [5.74, 6) is 0.553. The molecule has 0 heterocycles. The van der Waals surface area contributed by atoms with Gasteiger partial charge in [-0.25, -0.2) is 0 Å². The number of nitro benzene ring substituents is 1. The lowest BCUT2D eigenvalue weighted by molar-refractivity contribution is -0.384. The Morgan fingerprint density at radius 3 is 1.91 bits per heavy atom. The number of ether oxygens (including phenoxy) is 1. The molecular formula is C18H17NO4. The quantitative estimate of drug-likeness (QED) is 0.358. The van der Waals surface area contributed by atoms with Crippen LogP contribution in [0.15, 0.2) is 54.1 Å². The zero-order valence-corrected chi connectivity index (χ0v) is 13.2. The van der Waals surface area contributed by atoms with Crippen molar-refractivity contribution in [2.45, 2.75) is 13.8 Å². The number of benzene rings is 2. The molecule has 23 heavy (non-hydrogen) atoms. The highest BCUT2D eigenvalue weighted by atomic mass is 16.6. The van der Waals surface area contributed by atoms with E-state index in [9.17, 15) is 14.9 Å². The fourth-order valence-corrected chi connectivity index (χ4v) is 2.28. The Morgan fingerprint density at radius 1 is 0.957 bits per heavy atom. The van der Waals surface area contributed by atoms with Crippen LogP contribution in [0, 0.1) is 10.1 Å². The van der Waals surface area contributed by atoms with Crippen molar-refractivity contribution in [3.8, 4) is 5.75 Å². The van der Waals surface area contributed by atoms with E-state index in [4.69, 9.17) is 4.74 Å². The number of rotatable bonds is 5. The standard InChI is InChI=1S/C18H17NO4/c1-12(2)17(13-4-8-15(9-5-13)19(21)22)18(20)14-6-10-16(23-3)11-7-14/h4-11H,1-3H3. The van der Waals surface area contributed by atoms with Crippen molar-refractivity contribution >= 4 is 17.0 Å². The first kappa shape index (κ1) is 16.4. The molecule has 0 N–H and O–H groups in total. The molecule has 0 atom stereocenters. The van der Waals surface area contributed by atoms with Crippen molar-refractivity contribution in [3.63, 3.8) is 0 Å². The highest BCUT2D eigenvalue weighted by Gasteiger charge is 2.17. The van der Waals surface area contributed by atoms with Crippen LogP contribution in [0.1, 0.15) is 29.8 Å². The topological polar surface area (TPSA) is 69.4 Å². The predicted molar refractivity (Wildman–Crippen MR) is 88.7 cm³/mol. The number of methoxy groups -OCH3 is 1. The normalized spacial score (nSPS) is 10.0. The summed E-state index contributed by atoms with van der Waals surface area (Å²) >= 11 is 0. The highest BCUT2D eigenvalue weighted by Crippen LogP contribution is 2.26. The van der Waals surface area contributed by atoms with E-state index in [2.05, 4.69) is 0 Å². The second-order valence-electron chi connectivity index (χ2n) is 5.24. The zero-order chi connectivity index (χ0) is 17.0. The number of non-ortho nitro benzene ring substituents is 1. The average Bonchev–Trinajstić information content (AvgIpc) is 2.55. The molecule has 2 aromatic carbocycles. The molecule has 0 saturated carbocycles. The second-order valence-corrected chi connectivity index (χ2v) is 5.24. The SMILES string of the molecule is COc1ccc(C(=O)C(=C(C)C)c2ccc([N+](=O)[O-])cc2)cc1. The number of Topliss-reactive ketones (excluding diaryl/α,β-unsaturated/α-hetero) is 1. The molecule has 0 aliphatic carbocycles. The summed E-state index contributed by atoms with van der Waals surface area (Å²) in [5, 5.41) is 10.7. The molecule has 0 fully saturated rings. The van der Waals surface area contributed by atoms with E-state index in [1.807, 2.05) is 13.8 Å². The Morgan fingerprint density at radius 2 is 1.48 bits per heavy atom. The third-order valence-electron chi connectivity index (χ3n) is 3.45. The summed E-state index contributed by atoms with van der Waals surface area (Å²) in [4.78, 5) is 23.1. The lowest BCUT2D eigenvalue weighted by Gasteiger charge is -2.10. The lowest BCUT2D eigenvalue weighted by Crippen LogP contribution is -2.05. The van der Waals surface area contributed by atoms with Gasteiger partial charge in [-0.2, -0.15) is 0 Å². The van der Waals surface area contributed by atoms with Crippen molar-refractivity contribution in [2.24, 2.45) is 0 Å². The molecule has 118 valence electrons. The van der Waals surface area contributed by atoms with Crippen LogP contribution in [0.25, 0.3) is 5.57 Å². The van der Waals surface area contributed by atoms with Gasteiger partial charge in [0.15, 0.2) is 5.78 Å². The molecule has 0 bridgehead atoms. The molecule has 0 unspecified atom stereocenters. The first-order valence-corrected chi connectivity index (χ1v) is 7.05. The minimum Gasteiger partial charge on any atom is -0.497 e. The van der Waals surface area contributed by atoms with Gasteiger partial charge in [-0.05, 0) is 55.8 Å². The summed E-state index contributed by atoms with van der Waals surface area (Å²) < 4.78 is 5.09. The molecule has 0 amide bonds. The minimum atomic E-state index is -0.461. The van der Waals surface area contributed by atoms with E-state index in [1.165, 1.54) is 12.1 Å². The number of nitrogens with zero attached hydrogens (tertiary/aromatic N) is 1. The summed E-state index contributed by atoms with van der Waals surface area (Å²) in [5.41, 5.74) is 2.60. The molecule has 0 aromatic heterocycles. The molecule has 0 aliphatic heterocycles. The fraction of sp³-hybridized carbons (Fsp3) is 0.167. The van der Waals surface area contributed by atoms with Crippen molar-refractivity contribution in [3.05, 3.63) is 75.3 Å². The Bertz CT molecular complexity index is 755. The number of allylic oxidation sites excluding steroid dienone is 2. The molecule has 2 aromatic rings. The van der Waals surface area contributed by atoms with Gasteiger partial charge in [0, 0.05) is 23.3 Å². The minimum absolute atomic E-state index is 0.00116. The number of nitro groups is 1. The summed E-state index contributed by atoms with van der Waals surface area (Å²) in [6, 6.07) is 12.9. The van der Waals surface area contributed by atoms with E-state index in [0.717, 1.165) is 5.57 Å². The van der Waals surface area contributed by atoms with Crippen molar-refractivity contribution in [1.82, 2.24) is 0 Å². The molecule has 5 heteroatoms. The van der Waals surface area contributed by atoms with Gasteiger partial charge in [0.25, 0.3) is 5.69 Å². The third-order valence-corrected chi connectivity index (χ3v) is 3.45. The number of carbonyl (C=O) groups is 1. The Hall–Kier alpha value is -2.95. The predicted octanol–water partition coefficient (Wildman–Crippen LogP) is 4.28. The summed E-state index contributed by atoms with van der Waals surface area (Å²) in [6.07, 6.45) is 0. The van der Waals surface area contributed by atoms with Crippen LogP contribution >= 0.6 is 0 Å². The Labute approximate surface area is 134 Å². The van der Waals surface area contributed by atoms with Crippen LogP contribution in [-0.4, -0.2) is 17.8 Å². The van der Waals surface area contributed by atoms with E-state index in [-0.39, 0.29) is 11.5 Å². The molecule has 0 aliphatic rings. The number of carbonyl (C=O) groups excluding carboxylic acids is 1. The van der Waals surface area contributed by atoms with E-state index < -0.39 is 4.92 Å². The summed E-state index contributed by atoms with van der Waals surface area (Å²) in [7, 11) is 1.56. The maximum atomic E-state index is 12.8. The maximum absolute atomic E-state index is 12.8. The van der Waals surface area contributed by atoms with Gasteiger partial charge >= 0.3 is 0 Å². The van der Waals surface area contributed by atoms with Gasteiger partial charge in [-0.3, -0.25) is 14.9 Å². The average molecular weight is 311 g/mol. The van der Waals surface area contributed by atoms with Crippen LogP contribution in [-0.2, 0) is 0 Å². The lowest BCUT2D eigenvalue weighted by atomic mass is 9.93. The monoisotopic (exact) mass is 311 g/mol. The van der Waals surface area contributed by atoms with Gasteiger partial charge in [0.05, 0.1) is 12.0 Å². The van der Waals surface area contributed by atoms with Crippen LogP contribution in [0.3, 0.4) is 0 Å². The molecule has 0 spiro atoms. The van der Waals surface area contributed by atoms with Gasteiger partial charge in [-0.1, -0.05) is 5.57 Å². The number of hydrogen-bond donors (Lipinski definition) is 0. The van der Waals surface area contributed by atoms with Crippen LogP contribution in [0.4, 0.5) is 5.69 Å². The molecule has 2 rings (SSSR count). The van der Waals surface area contributed by atoms with E-state index in [1.54, 1.807) is 43.5 Å². The van der Waals surface area contributed by atoms with Gasteiger partial charge in [0.2, 0.25) is 0 Å². The summed E-state index contributed by atoms with van der Waals surface area (Å²) in [6.45, 7) is 3.69. The van der Waals surface area contributed by atoms with E-state index >= 15 is 0 Å². The van der Waals surface area contributed by atoms with Crippen molar-refractivity contribution in [1.29, 1.82) is 0 Å². The maximum Gasteiger partial charge on any atom is 0.269 e. The van der Waals surface area contributed by atoms with Crippen molar-refractivity contribution < 1.29 is 14.5 Å². The number of hydrogen-bond acceptors (Lipinski definition) is 4. The molecular weight excluding hydrogens is 294 g/mol.